The minimum atomic E-state index is 0.0285. The van der Waals surface area contributed by atoms with Crippen molar-refractivity contribution < 1.29 is 9.90 Å². The summed E-state index contributed by atoms with van der Waals surface area (Å²) >= 11 is 2.05. The number of halogens is 1. The number of hydrogen-bond donors (Lipinski definition) is 1. The molecule has 1 N–H and O–H groups in total. The van der Waals surface area contributed by atoms with Crippen molar-refractivity contribution in [3.63, 3.8) is 0 Å². The molecule has 1 amide bonds. The number of rotatable bonds is 1. The third-order valence-electron chi connectivity index (χ3n) is 3.83. The van der Waals surface area contributed by atoms with Crippen LogP contribution in [0.25, 0.3) is 0 Å². The number of aromatic hydroxyl groups is 1. The first-order valence-electron chi connectivity index (χ1n) is 6.30. The minimum absolute atomic E-state index is 0.0285. The van der Waals surface area contributed by atoms with Gasteiger partial charge in [-0.3, -0.25) is 4.79 Å². The van der Waals surface area contributed by atoms with E-state index in [2.05, 4.69) is 36.4 Å². The Labute approximate surface area is 121 Å². The van der Waals surface area contributed by atoms with Crippen molar-refractivity contribution in [3.8, 4) is 5.75 Å². The van der Waals surface area contributed by atoms with Gasteiger partial charge in [-0.1, -0.05) is 6.92 Å². The van der Waals surface area contributed by atoms with Crippen LogP contribution in [0.2, 0.25) is 0 Å². The van der Waals surface area contributed by atoms with Gasteiger partial charge in [0.05, 0.1) is 3.57 Å². The Balaban J connectivity index is 2.22. The van der Waals surface area contributed by atoms with E-state index in [9.17, 15) is 9.90 Å². The van der Waals surface area contributed by atoms with Gasteiger partial charge in [-0.25, -0.2) is 0 Å². The summed E-state index contributed by atoms with van der Waals surface area (Å²) in [6.45, 7) is 5.11. The average Bonchev–Trinajstić information content (AvgIpc) is 2.35. The van der Waals surface area contributed by atoms with Gasteiger partial charge in [0.25, 0.3) is 5.91 Å². The lowest BCUT2D eigenvalue weighted by Gasteiger charge is -2.38. The maximum atomic E-state index is 12.4. The molecular weight excluding hydrogens is 341 g/mol. The highest BCUT2D eigenvalue weighted by atomic mass is 127. The van der Waals surface area contributed by atoms with Crippen LogP contribution in [0.3, 0.4) is 0 Å². The number of likely N-dealkylation sites (tertiary alicyclic amines) is 1. The van der Waals surface area contributed by atoms with Crippen molar-refractivity contribution >= 4 is 28.5 Å². The molecule has 0 aromatic heterocycles. The Kier molecular flexibility index (Phi) is 4.14. The quantitative estimate of drug-likeness (QED) is 0.782. The molecule has 2 atom stereocenters. The fraction of sp³-hybridized carbons (Fsp3) is 0.500. The summed E-state index contributed by atoms with van der Waals surface area (Å²) < 4.78 is 0.768. The number of nitrogens with zero attached hydrogens (tertiary/aromatic N) is 1. The topological polar surface area (TPSA) is 40.5 Å². The van der Waals surface area contributed by atoms with Crippen LogP contribution >= 0.6 is 22.6 Å². The standard InChI is InChI=1S/C14H18INO2/c1-9-4-3-7-16(10(9)2)14(18)11-5-6-12(15)13(17)8-11/h5-6,8-10,17H,3-4,7H2,1-2H3. The largest absolute Gasteiger partial charge is 0.507 e. The Morgan fingerprint density at radius 1 is 1.44 bits per heavy atom. The van der Waals surface area contributed by atoms with E-state index >= 15 is 0 Å². The summed E-state index contributed by atoms with van der Waals surface area (Å²) in [5.41, 5.74) is 0.578. The van der Waals surface area contributed by atoms with Crippen LogP contribution < -0.4 is 0 Å². The highest BCUT2D eigenvalue weighted by molar-refractivity contribution is 14.1. The van der Waals surface area contributed by atoms with Crippen LogP contribution in [0.15, 0.2) is 18.2 Å². The van der Waals surface area contributed by atoms with Gasteiger partial charge < -0.3 is 10.0 Å². The van der Waals surface area contributed by atoms with Crippen molar-refractivity contribution in [1.82, 2.24) is 4.90 Å². The fourth-order valence-electron chi connectivity index (χ4n) is 2.43. The van der Waals surface area contributed by atoms with E-state index in [0.29, 0.717) is 11.5 Å². The third kappa shape index (κ3) is 2.63. The summed E-state index contributed by atoms with van der Waals surface area (Å²) in [5.74, 6) is 0.750. The molecule has 1 aromatic rings. The lowest BCUT2D eigenvalue weighted by atomic mass is 9.91. The molecule has 0 radical (unpaired) electrons. The summed E-state index contributed by atoms with van der Waals surface area (Å²) in [6.07, 6.45) is 2.25. The average molecular weight is 359 g/mol. The Bertz CT molecular complexity index is 461. The van der Waals surface area contributed by atoms with Crippen molar-refractivity contribution in [1.29, 1.82) is 0 Å². The molecule has 1 fully saturated rings. The van der Waals surface area contributed by atoms with Crippen LogP contribution in [0, 0.1) is 9.49 Å². The Morgan fingerprint density at radius 2 is 2.17 bits per heavy atom. The molecule has 18 heavy (non-hydrogen) atoms. The monoisotopic (exact) mass is 359 g/mol. The van der Waals surface area contributed by atoms with Crippen molar-refractivity contribution in [2.45, 2.75) is 32.7 Å². The van der Waals surface area contributed by atoms with Crippen molar-refractivity contribution in [2.75, 3.05) is 6.54 Å². The molecule has 2 rings (SSSR count). The molecule has 1 aromatic carbocycles. The molecule has 98 valence electrons. The molecule has 1 saturated heterocycles. The molecule has 1 aliphatic heterocycles. The highest BCUT2D eigenvalue weighted by Crippen LogP contribution is 2.26. The number of carbonyl (C=O) groups excluding carboxylic acids is 1. The first-order chi connectivity index (χ1) is 8.50. The number of phenols is 1. The second-order valence-electron chi connectivity index (χ2n) is 5.02. The van der Waals surface area contributed by atoms with E-state index in [1.54, 1.807) is 18.2 Å². The van der Waals surface area contributed by atoms with Gasteiger partial charge in [-0.15, -0.1) is 0 Å². The molecular formula is C14H18INO2. The van der Waals surface area contributed by atoms with Crippen molar-refractivity contribution in [2.24, 2.45) is 5.92 Å². The summed E-state index contributed by atoms with van der Waals surface area (Å²) in [4.78, 5) is 14.4. The Hall–Kier alpha value is -0.780. The van der Waals surface area contributed by atoms with E-state index in [0.717, 1.165) is 16.5 Å². The maximum absolute atomic E-state index is 12.4. The van der Waals surface area contributed by atoms with Crippen LogP contribution in [-0.2, 0) is 0 Å². The molecule has 4 heteroatoms. The predicted octanol–water partition coefficient (Wildman–Crippen LogP) is 3.26. The number of amides is 1. The van der Waals surface area contributed by atoms with Gasteiger partial charge in [-0.2, -0.15) is 0 Å². The number of hydrogen-bond acceptors (Lipinski definition) is 2. The van der Waals surface area contributed by atoms with Crippen molar-refractivity contribution in [3.05, 3.63) is 27.3 Å². The van der Waals surface area contributed by atoms with Gasteiger partial charge >= 0.3 is 0 Å². The number of benzene rings is 1. The van der Waals surface area contributed by atoms with E-state index in [1.165, 1.54) is 6.42 Å². The fourth-order valence-corrected chi connectivity index (χ4v) is 2.77. The van der Waals surface area contributed by atoms with Crippen LogP contribution in [0.1, 0.15) is 37.0 Å². The molecule has 3 nitrogen and oxygen atoms in total. The summed E-state index contributed by atoms with van der Waals surface area (Å²) in [5, 5.41) is 9.69. The first-order valence-corrected chi connectivity index (χ1v) is 7.38. The van der Waals surface area contributed by atoms with E-state index < -0.39 is 0 Å². The zero-order valence-corrected chi connectivity index (χ0v) is 12.8. The van der Waals surface area contributed by atoms with Crippen LogP contribution in [0.4, 0.5) is 0 Å². The number of phenolic OH excluding ortho intramolecular Hbond substituents is 1. The minimum Gasteiger partial charge on any atom is -0.507 e. The molecule has 0 aliphatic carbocycles. The van der Waals surface area contributed by atoms with Crippen LogP contribution in [0.5, 0.6) is 5.75 Å². The van der Waals surface area contributed by atoms with E-state index in [1.807, 2.05) is 4.90 Å². The molecule has 0 bridgehead atoms. The van der Waals surface area contributed by atoms with E-state index in [4.69, 9.17) is 0 Å². The normalized spacial score (nSPS) is 24.1. The molecule has 0 saturated carbocycles. The molecule has 1 aliphatic rings. The summed E-state index contributed by atoms with van der Waals surface area (Å²) in [7, 11) is 0. The van der Waals surface area contributed by atoms with Crippen LogP contribution in [-0.4, -0.2) is 28.5 Å². The second kappa shape index (κ2) is 5.47. The van der Waals surface area contributed by atoms with Gasteiger partial charge in [0, 0.05) is 18.2 Å². The molecule has 2 unspecified atom stereocenters. The number of carbonyl (C=O) groups is 1. The Morgan fingerprint density at radius 3 is 2.83 bits per heavy atom. The van der Waals surface area contributed by atoms with E-state index in [-0.39, 0.29) is 17.7 Å². The zero-order valence-electron chi connectivity index (χ0n) is 10.7. The van der Waals surface area contributed by atoms with Gasteiger partial charge in [0.2, 0.25) is 0 Å². The molecule has 1 heterocycles. The SMILES string of the molecule is CC1CCCN(C(=O)c2ccc(I)c(O)c2)C1C. The maximum Gasteiger partial charge on any atom is 0.254 e. The van der Waals surface area contributed by atoms with Gasteiger partial charge in [-0.05, 0) is 66.5 Å². The smallest absolute Gasteiger partial charge is 0.254 e. The third-order valence-corrected chi connectivity index (χ3v) is 4.74. The van der Waals surface area contributed by atoms with Gasteiger partial charge in [0.1, 0.15) is 5.75 Å². The lowest BCUT2D eigenvalue weighted by Crippen LogP contribution is -2.46. The second-order valence-corrected chi connectivity index (χ2v) is 6.19. The summed E-state index contributed by atoms with van der Waals surface area (Å²) in [6, 6.07) is 5.40. The number of piperidine rings is 1. The molecule has 0 spiro atoms. The lowest BCUT2D eigenvalue weighted by molar-refractivity contribution is 0.0550. The van der Waals surface area contributed by atoms with Gasteiger partial charge in [0.15, 0.2) is 0 Å². The highest BCUT2D eigenvalue weighted by Gasteiger charge is 2.29. The first kappa shape index (κ1) is 13.6. The zero-order chi connectivity index (χ0) is 13.3. The predicted molar refractivity (Wildman–Crippen MR) is 79.7 cm³/mol.